The van der Waals surface area contributed by atoms with Gasteiger partial charge in [0.2, 0.25) is 0 Å². The highest BCUT2D eigenvalue weighted by Gasteiger charge is 2.18. The lowest BCUT2D eigenvalue weighted by Gasteiger charge is -2.15. The van der Waals surface area contributed by atoms with E-state index in [4.69, 9.17) is 13.9 Å². The largest absolute Gasteiger partial charge is 0.493 e. The third kappa shape index (κ3) is 3.97. The zero-order chi connectivity index (χ0) is 23.5. The van der Waals surface area contributed by atoms with Crippen LogP contribution in [0.25, 0.3) is 22.4 Å². The lowest BCUT2D eigenvalue weighted by Crippen LogP contribution is -2.17. The van der Waals surface area contributed by atoms with Gasteiger partial charge in [0.25, 0.3) is 5.91 Å². The number of hydrogen-bond donors (Lipinski definition) is 1. The van der Waals surface area contributed by atoms with Crippen LogP contribution in [0.3, 0.4) is 0 Å². The van der Waals surface area contributed by atoms with Crippen molar-refractivity contribution in [1.29, 1.82) is 0 Å². The molecule has 0 saturated heterocycles. The summed E-state index contributed by atoms with van der Waals surface area (Å²) in [6, 6.07) is 20.3. The van der Waals surface area contributed by atoms with Crippen LogP contribution in [0.4, 0.5) is 5.82 Å². The van der Waals surface area contributed by atoms with Crippen molar-refractivity contribution >= 4 is 22.6 Å². The summed E-state index contributed by atoms with van der Waals surface area (Å²) in [6.45, 7) is 0.387. The summed E-state index contributed by atoms with van der Waals surface area (Å²) in [5, 5.41) is 8.12. The minimum atomic E-state index is -0.272. The third-order valence-corrected chi connectivity index (χ3v) is 5.50. The number of anilines is 1. The number of benzene rings is 2. The lowest BCUT2D eigenvalue weighted by molar-refractivity contribution is 0.102. The first-order valence-corrected chi connectivity index (χ1v) is 10.6. The van der Waals surface area contributed by atoms with Gasteiger partial charge in [0.05, 0.1) is 44.3 Å². The van der Waals surface area contributed by atoms with Gasteiger partial charge in [0.1, 0.15) is 11.5 Å². The molecule has 0 saturated carbocycles. The Morgan fingerprint density at radius 3 is 2.71 bits per heavy atom. The molecule has 0 aliphatic carbocycles. The van der Waals surface area contributed by atoms with Crippen molar-refractivity contribution in [3.05, 3.63) is 90.3 Å². The number of methoxy groups -OCH3 is 2. The lowest BCUT2D eigenvalue weighted by atomic mass is 10.1. The molecular formula is C26H22N4O4. The number of hydrogen-bond acceptors (Lipinski definition) is 6. The van der Waals surface area contributed by atoms with E-state index < -0.39 is 0 Å². The summed E-state index contributed by atoms with van der Waals surface area (Å²) in [4.78, 5) is 18.1. The first-order valence-electron chi connectivity index (χ1n) is 10.6. The standard InChI is InChI=1S/C26H22N4O4/c1-32-23-10-5-7-17(25(23)33-2)16-30-24(12-13-27-30)29-26(31)19-15-21(22-11-6-14-34-22)28-20-9-4-3-8-18(19)20/h3-15H,16H2,1-2H3,(H,29,31). The molecule has 0 radical (unpaired) electrons. The molecule has 0 bridgehead atoms. The number of carbonyl (C=O) groups excluding carboxylic acids is 1. The number of rotatable bonds is 7. The van der Waals surface area contributed by atoms with Crippen LogP contribution in [0.5, 0.6) is 11.5 Å². The van der Waals surface area contributed by atoms with Gasteiger partial charge in [-0.15, -0.1) is 0 Å². The number of para-hydroxylation sites is 2. The fourth-order valence-corrected chi connectivity index (χ4v) is 3.90. The average molecular weight is 454 g/mol. The maximum absolute atomic E-state index is 13.4. The zero-order valence-electron chi connectivity index (χ0n) is 18.7. The van der Waals surface area contributed by atoms with Crippen LogP contribution in [0, 0.1) is 0 Å². The van der Waals surface area contributed by atoms with E-state index in [-0.39, 0.29) is 5.91 Å². The van der Waals surface area contributed by atoms with Crippen molar-refractivity contribution in [1.82, 2.24) is 14.8 Å². The van der Waals surface area contributed by atoms with Crippen LogP contribution < -0.4 is 14.8 Å². The van der Waals surface area contributed by atoms with Crippen molar-refractivity contribution in [2.75, 3.05) is 19.5 Å². The molecule has 5 aromatic rings. The minimum Gasteiger partial charge on any atom is -0.493 e. The monoisotopic (exact) mass is 454 g/mol. The highest BCUT2D eigenvalue weighted by molar-refractivity contribution is 6.12. The Morgan fingerprint density at radius 1 is 1.03 bits per heavy atom. The first kappa shape index (κ1) is 21.3. The Hall–Kier alpha value is -4.59. The van der Waals surface area contributed by atoms with Gasteiger partial charge in [-0.1, -0.05) is 30.3 Å². The van der Waals surface area contributed by atoms with Crippen molar-refractivity contribution in [2.45, 2.75) is 6.54 Å². The van der Waals surface area contributed by atoms with Gasteiger partial charge in [-0.25, -0.2) is 9.67 Å². The van der Waals surface area contributed by atoms with Crippen molar-refractivity contribution in [3.63, 3.8) is 0 Å². The number of nitrogens with one attached hydrogen (secondary N) is 1. The average Bonchev–Trinajstić information content (AvgIpc) is 3.56. The summed E-state index contributed by atoms with van der Waals surface area (Å²) in [5.74, 6) is 2.13. The van der Waals surface area contributed by atoms with Gasteiger partial charge in [-0.3, -0.25) is 4.79 Å². The summed E-state index contributed by atoms with van der Waals surface area (Å²) >= 11 is 0. The minimum absolute atomic E-state index is 0.272. The SMILES string of the molecule is COc1cccc(Cn2nccc2NC(=O)c2cc(-c3ccco3)nc3ccccc23)c1OC. The number of carbonyl (C=O) groups is 1. The highest BCUT2D eigenvalue weighted by atomic mass is 16.5. The molecule has 5 rings (SSSR count). The highest BCUT2D eigenvalue weighted by Crippen LogP contribution is 2.32. The van der Waals surface area contributed by atoms with Crippen LogP contribution in [-0.2, 0) is 6.54 Å². The number of ether oxygens (including phenoxy) is 2. The maximum atomic E-state index is 13.4. The predicted octanol–water partition coefficient (Wildman–Crippen LogP) is 5.01. The topological polar surface area (TPSA) is 91.4 Å². The van der Waals surface area contributed by atoms with Crippen LogP contribution in [0.1, 0.15) is 15.9 Å². The molecule has 2 aromatic carbocycles. The van der Waals surface area contributed by atoms with E-state index in [0.29, 0.717) is 46.4 Å². The number of fused-ring (bicyclic) bond motifs is 1. The second-order valence-electron chi connectivity index (χ2n) is 7.53. The fraction of sp³-hybridized carbons (Fsp3) is 0.115. The summed E-state index contributed by atoms with van der Waals surface area (Å²) in [5.41, 5.74) is 2.65. The van der Waals surface area contributed by atoms with Crippen molar-refractivity contribution < 1.29 is 18.7 Å². The Balaban J connectivity index is 1.48. The molecule has 0 unspecified atom stereocenters. The van der Waals surface area contributed by atoms with Gasteiger partial charge >= 0.3 is 0 Å². The van der Waals surface area contributed by atoms with Gasteiger partial charge in [-0.2, -0.15) is 5.10 Å². The Kier molecular flexibility index (Phi) is 5.70. The maximum Gasteiger partial charge on any atom is 0.257 e. The Bertz CT molecular complexity index is 1460. The van der Waals surface area contributed by atoms with Crippen LogP contribution >= 0.6 is 0 Å². The molecule has 1 N–H and O–H groups in total. The van der Waals surface area contributed by atoms with E-state index in [0.717, 1.165) is 10.9 Å². The summed E-state index contributed by atoms with van der Waals surface area (Å²) in [7, 11) is 3.19. The molecule has 34 heavy (non-hydrogen) atoms. The molecule has 0 aliphatic heterocycles. The Morgan fingerprint density at radius 2 is 1.91 bits per heavy atom. The molecule has 3 aromatic heterocycles. The fourth-order valence-electron chi connectivity index (χ4n) is 3.90. The predicted molar refractivity (Wildman–Crippen MR) is 128 cm³/mol. The molecule has 1 amide bonds. The van der Waals surface area contributed by atoms with Crippen LogP contribution in [0.2, 0.25) is 0 Å². The van der Waals surface area contributed by atoms with Crippen molar-refractivity contribution in [2.24, 2.45) is 0 Å². The zero-order valence-corrected chi connectivity index (χ0v) is 18.7. The number of nitrogens with zero attached hydrogens (tertiary/aromatic N) is 3. The number of aromatic nitrogens is 3. The van der Waals surface area contributed by atoms with Crippen LogP contribution in [0.15, 0.2) is 83.6 Å². The molecule has 0 spiro atoms. The van der Waals surface area contributed by atoms with Gasteiger partial charge < -0.3 is 19.2 Å². The molecular weight excluding hydrogens is 432 g/mol. The molecule has 3 heterocycles. The second-order valence-corrected chi connectivity index (χ2v) is 7.53. The van der Waals surface area contributed by atoms with Gasteiger partial charge in [0, 0.05) is 17.0 Å². The van der Waals surface area contributed by atoms with Gasteiger partial charge in [0.15, 0.2) is 17.3 Å². The van der Waals surface area contributed by atoms with E-state index in [1.165, 1.54) is 0 Å². The van der Waals surface area contributed by atoms with Gasteiger partial charge in [-0.05, 0) is 30.3 Å². The summed E-state index contributed by atoms with van der Waals surface area (Å²) < 4.78 is 18.1. The van der Waals surface area contributed by atoms with E-state index in [2.05, 4.69) is 15.4 Å². The van der Waals surface area contributed by atoms with Crippen molar-refractivity contribution in [3.8, 4) is 23.0 Å². The van der Waals surface area contributed by atoms with E-state index >= 15 is 0 Å². The van der Waals surface area contributed by atoms with E-state index in [1.54, 1.807) is 49.6 Å². The Labute approximate surface area is 195 Å². The normalized spacial score (nSPS) is 10.9. The molecule has 0 fully saturated rings. The second kappa shape index (κ2) is 9.11. The number of amides is 1. The number of furan rings is 1. The molecule has 8 nitrogen and oxygen atoms in total. The first-order chi connectivity index (χ1) is 16.7. The third-order valence-electron chi connectivity index (χ3n) is 5.50. The number of pyridine rings is 1. The summed E-state index contributed by atoms with van der Waals surface area (Å²) in [6.07, 6.45) is 3.22. The quantitative estimate of drug-likeness (QED) is 0.372. The molecule has 8 heteroatoms. The van der Waals surface area contributed by atoms with Crippen LogP contribution in [-0.4, -0.2) is 34.9 Å². The van der Waals surface area contributed by atoms with E-state index in [9.17, 15) is 4.79 Å². The van der Waals surface area contributed by atoms with E-state index in [1.807, 2.05) is 48.5 Å². The molecule has 0 aliphatic rings. The molecule has 170 valence electrons. The smallest absolute Gasteiger partial charge is 0.257 e. The molecule has 0 atom stereocenters.